The van der Waals surface area contributed by atoms with Gasteiger partial charge in [-0.05, 0) is 19.1 Å². The van der Waals surface area contributed by atoms with E-state index in [1.807, 2.05) is 17.4 Å². The maximum absolute atomic E-state index is 13.1. The number of aromatic amines is 1. The third kappa shape index (κ3) is 5.02. The highest BCUT2D eigenvalue weighted by Gasteiger charge is 2.38. The van der Waals surface area contributed by atoms with E-state index in [1.165, 1.54) is 4.52 Å². The number of carboxylic acids is 1. The van der Waals surface area contributed by atoms with Crippen LogP contribution < -0.4 is 11.1 Å². The summed E-state index contributed by atoms with van der Waals surface area (Å²) >= 11 is 6.48. The molecule has 0 saturated carbocycles. The van der Waals surface area contributed by atoms with Crippen LogP contribution in [0.2, 0.25) is 5.02 Å². The van der Waals surface area contributed by atoms with E-state index in [0.29, 0.717) is 10.7 Å². The Kier molecular flexibility index (Phi) is 6.72. The predicted octanol–water partition coefficient (Wildman–Crippen LogP) is 3.13. The summed E-state index contributed by atoms with van der Waals surface area (Å²) in [6.07, 6.45) is 5.02. The van der Waals surface area contributed by atoms with Gasteiger partial charge in [0.2, 0.25) is 0 Å². The molecule has 5 N–H and O–H groups in total. The molecule has 0 saturated heterocycles. The molecule has 5 rings (SSSR count). The lowest BCUT2D eigenvalue weighted by Crippen LogP contribution is -2.28. The number of rotatable bonds is 4. The molecule has 0 fully saturated rings. The van der Waals surface area contributed by atoms with E-state index < -0.39 is 18.2 Å². The van der Waals surface area contributed by atoms with E-state index in [4.69, 9.17) is 27.2 Å². The fourth-order valence-electron chi connectivity index (χ4n) is 3.55. The van der Waals surface area contributed by atoms with Gasteiger partial charge in [0.15, 0.2) is 11.5 Å². The maximum Gasteiger partial charge on any atom is 0.490 e. The van der Waals surface area contributed by atoms with E-state index in [9.17, 15) is 18.0 Å². The highest BCUT2D eigenvalue weighted by Crippen LogP contribution is 2.33. The molecule has 12 nitrogen and oxygen atoms in total. The number of carbonyl (C=O) groups excluding carboxylic acids is 1. The first-order valence-corrected chi connectivity index (χ1v) is 10.7. The minimum Gasteiger partial charge on any atom is -0.475 e. The Balaban J connectivity index is 0.000000405. The van der Waals surface area contributed by atoms with Gasteiger partial charge in [0.05, 0.1) is 41.0 Å². The molecular formula is C21H17ClF3N9O3. The number of H-pyrrole nitrogens is 1. The number of fused-ring (bicyclic) bond motifs is 2. The van der Waals surface area contributed by atoms with Crippen molar-refractivity contribution in [2.24, 2.45) is 0 Å². The minimum absolute atomic E-state index is 0.108. The Morgan fingerprint density at radius 3 is 2.68 bits per heavy atom. The number of aliphatic carboxylic acids is 1. The largest absolute Gasteiger partial charge is 0.490 e. The molecule has 5 aromatic rings. The molecule has 0 aliphatic heterocycles. The minimum atomic E-state index is -5.08. The summed E-state index contributed by atoms with van der Waals surface area (Å²) in [5, 5.41) is 21.6. The quantitative estimate of drug-likeness (QED) is 0.272. The first-order chi connectivity index (χ1) is 17.5. The first-order valence-electron chi connectivity index (χ1n) is 10.3. The number of carboxylic acid groups (broad SMARTS) is 1. The summed E-state index contributed by atoms with van der Waals surface area (Å²) in [7, 11) is 0. The second-order valence-corrected chi connectivity index (χ2v) is 7.99. The van der Waals surface area contributed by atoms with Crippen LogP contribution in [0.1, 0.15) is 28.9 Å². The van der Waals surface area contributed by atoms with E-state index >= 15 is 0 Å². The smallest absolute Gasteiger partial charge is 0.475 e. The van der Waals surface area contributed by atoms with Crippen LogP contribution in [0.3, 0.4) is 0 Å². The average Bonchev–Trinajstić information content (AvgIpc) is 3.58. The van der Waals surface area contributed by atoms with Crippen molar-refractivity contribution >= 4 is 40.5 Å². The molecule has 16 heteroatoms. The summed E-state index contributed by atoms with van der Waals surface area (Å²) < 4.78 is 35.1. The Hall–Kier alpha value is -4.66. The zero-order valence-electron chi connectivity index (χ0n) is 18.7. The topological polar surface area (TPSA) is 169 Å². The van der Waals surface area contributed by atoms with E-state index in [1.54, 1.807) is 43.4 Å². The number of anilines is 1. The van der Waals surface area contributed by atoms with Crippen LogP contribution >= 0.6 is 11.6 Å². The zero-order chi connectivity index (χ0) is 26.9. The summed E-state index contributed by atoms with van der Waals surface area (Å²) in [6.45, 7) is 1.87. The number of aromatic nitrogens is 7. The Bertz CT molecular complexity index is 1600. The summed E-state index contributed by atoms with van der Waals surface area (Å²) in [5.74, 6) is -3.03. The molecule has 5 heterocycles. The standard InChI is InChI=1S/C19H16ClN9O.C2HF3O2/c1-10(26-19(30)15-17(21)27-29-4-2-3-23-18(15)29)12-5-13(20)14-8-22-9-28(14)16(12)11-6-24-25-7-11;3-2(4,5)1(6)7/h2-10H,1H3,(H2,21,27)(H,24,25)(H,26,30);(H,6,7). The number of nitrogens with two attached hydrogens (primary N) is 1. The summed E-state index contributed by atoms with van der Waals surface area (Å²) in [6, 6.07) is 3.12. The molecular weight excluding hydrogens is 519 g/mol. The number of pyridine rings is 1. The molecule has 0 radical (unpaired) electrons. The van der Waals surface area contributed by atoms with Crippen molar-refractivity contribution in [1.82, 2.24) is 39.5 Å². The number of hydrogen-bond acceptors (Lipinski definition) is 7. The van der Waals surface area contributed by atoms with Gasteiger partial charge in [0.25, 0.3) is 5.91 Å². The van der Waals surface area contributed by atoms with E-state index in [2.05, 4.69) is 30.6 Å². The first kappa shape index (κ1) is 25.4. The number of nitrogens with one attached hydrogen (secondary N) is 2. The van der Waals surface area contributed by atoms with Crippen molar-refractivity contribution in [3.63, 3.8) is 0 Å². The molecule has 0 bridgehead atoms. The SMILES string of the molecule is CC(NC(=O)c1c(N)nn2cccnc12)c1cc(Cl)c2cncn2c1-c1cn[nH]c1.O=C(O)C(F)(F)F. The zero-order valence-corrected chi connectivity index (χ0v) is 19.5. The number of nitrogen functional groups attached to an aromatic ring is 1. The number of amides is 1. The summed E-state index contributed by atoms with van der Waals surface area (Å²) in [5.41, 5.74) is 9.80. The second kappa shape index (κ2) is 9.77. The van der Waals surface area contributed by atoms with Gasteiger partial charge in [-0.2, -0.15) is 18.3 Å². The molecule has 0 spiro atoms. The number of hydrogen-bond donors (Lipinski definition) is 4. The Labute approximate surface area is 209 Å². The van der Waals surface area contributed by atoms with Crippen molar-refractivity contribution in [1.29, 1.82) is 0 Å². The van der Waals surface area contributed by atoms with Gasteiger partial charge >= 0.3 is 12.1 Å². The van der Waals surface area contributed by atoms with Gasteiger partial charge < -0.3 is 16.2 Å². The van der Waals surface area contributed by atoms with E-state index in [0.717, 1.165) is 22.3 Å². The maximum atomic E-state index is 13.1. The lowest BCUT2D eigenvalue weighted by Gasteiger charge is -2.19. The Morgan fingerprint density at radius 2 is 2.03 bits per heavy atom. The molecule has 0 aromatic carbocycles. The van der Waals surface area contributed by atoms with Crippen molar-refractivity contribution < 1.29 is 27.9 Å². The third-order valence-electron chi connectivity index (χ3n) is 5.16. The van der Waals surface area contributed by atoms with Gasteiger partial charge in [-0.1, -0.05) is 11.6 Å². The predicted molar refractivity (Wildman–Crippen MR) is 125 cm³/mol. The fraction of sp³-hybridized carbons (Fsp3) is 0.143. The molecule has 1 atom stereocenters. The Morgan fingerprint density at radius 1 is 1.30 bits per heavy atom. The third-order valence-corrected chi connectivity index (χ3v) is 5.46. The molecule has 0 aliphatic carbocycles. The highest BCUT2D eigenvalue weighted by atomic mass is 35.5. The van der Waals surface area contributed by atoms with Crippen LogP contribution in [0.4, 0.5) is 19.0 Å². The van der Waals surface area contributed by atoms with Crippen LogP contribution in [-0.2, 0) is 4.79 Å². The van der Waals surface area contributed by atoms with Gasteiger partial charge in [0, 0.05) is 29.7 Å². The van der Waals surface area contributed by atoms with Crippen molar-refractivity contribution in [3.05, 3.63) is 65.6 Å². The van der Waals surface area contributed by atoms with Gasteiger partial charge in [-0.15, -0.1) is 5.10 Å². The molecule has 5 aromatic heterocycles. The molecule has 1 unspecified atom stereocenters. The van der Waals surface area contributed by atoms with Crippen molar-refractivity contribution in [3.8, 4) is 11.3 Å². The molecule has 37 heavy (non-hydrogen) atoms. The summed E-state index contributed by atoms with van der Waals surface area (Å²) in [4.78, 5) is 30.4. The number of nitrogens with zero attached hydrogens (tertiary/aromatic N) is 6. The lowest BCUT2D eigenvalue weighted by atomic mass is 10.0. The van der Waals surface area contributed by atoms with Crippen LogP contribution in [0.25, 0.3) is 22.4 Å². The number of imidazole rings is 1. The van der Waals surface area contributed by atoms with Gasteiger partial charge in [0.1, 0.15) is 5.56 Å². The van der Waals surface area contributed by atoms with Crippen LogP contribution in [-0.4, -0.2) is 57.3 Å². The van der Waals surface area contributed by atoms with Gasteiger partial charge in [-0.25, -0.2) is 19.3 Å². The van der Waals surface area contributed by atoms with E-state index in [-0.39, 0.29) is 17.3 Å². The highest BCUT2D eigenvalue weighted by molar-refractivity contribution is 6.34. The number of alkyl halides is 3. The monoisotopic (exact) mass is 535 g/mol. The second-order valence-electron chi connectivity index (χ2n) is 7.58. The normalized spacial score (nSPS) is 12.2. The van der Waals surface area contributed by atoms with Crippen molar-refractivity contribution in [2.45, 2.75) is 19.1 Å². The van der Waals surface area contributed by atoms with Crippen LogP contribution in [0.15, 0.2) is 49.4 Å². The average molecular weight is 536 g/mol. The van der Waals surface area contributed by atoms with Crippen LogP contribution in [0, 0.1) is 0 Å². The number of carbonyl (C=O) groups is 2. The molecule has 192 valence electrons. The molecule has 0 aliphatic rings. The van der Waals surface area contributed by atoms with Crippen LogP contribution in [0.5, 0.6) is 0 Å². The fourth-order valence-corrected chi connectivity index (χ4v) is 3.81. The number of halogens is 4. The van der Waals surface area contributed by atoms with Crippen molar-refractivity contribution in [2.75, 3.05) is 5.73 Å². The molecule has 1 amide bonds. The van der Waals surface area contributed by atoms with Gasteiger partial charge in [-0.3, -0.25) is 14.3 Å². The lowest BCUT2D eigenvalue weighted by molar-refractivity contribution is -0.192.